The molecule has 0 saturated carbocycles. The summed E-state index contributed by atoms with van der Waals surface area (Å²) in [6.07, 6.45) is 3.31. The van der Waals surface area contributed by atoms with Crippen molar-refractivity contribution in [3.05, 3.63) is 29.8 Å². The van der Waals surface area contributed by atoms with E-state index in [1.54, 1.807) is 28.6 Å². The number of hydrogen-bond acceptors (Lipinski definition) is 5. The molecule has 0 unspecified atom stereocenters. The monoisotopic (exact) mass is 437 g/mol. The van der Waals surface area contributed by atoms with Crippen molar-refractivity contribution >= 4 is 15.9 Å². The Labute approximate surface area is 180 Å². The van der Waals surface area contributed by atoms with Crippen LogP contribution in [0.4, 0.5) is 0 Å². The van der Waals surface area contributed by atoms with Crippen LogP contribution in [0.25, 0.3) is 0 Å². The molecule has 8 heteroatoms. The largest absolute Gasteiger partial charge is 0.373 e. The van der Waals surface area contributed by atoms with Gasteiger partial charge in [0.2, 0.25) is 10.0 Å². The van der Waals surface area contributed by atoms with Gasteiger partial charge in [0, 0.05) is 44.8 Å². The van der Waals surface area contributed by atoms with Crippen molar-refractivity contribution in [2.75, 3.05) is 39.3 Å². The Morgan fingerprint density at radius 1 is 1.10 bits per heavy atom. The predicted octanol–water partition coefficient (Wildman–Crippen LogP) is 2.34. The highest BCUT2D eigenvalue weighted by molar-refractivity contribution is 7.89. The van der Waals surface area contributed by atoms with Crippen LogP contribution in [0.2, 0.25) is 0 Å². The summed E-state index contributed by atoms with van der Waals surface area (Å²) in [6.45, 7) is 10.7. The first-order valence-corrected chi connectivity index (χ1v) is 12.5. The molecule has 1 amide bonds. The lowest BCUT2D eigenvalue weighted by molar-refractivity contribution is -0.0680. The first kappa shape index (κ1) is 23.2. The number of sulfonamides is 1. The third-order valence-electron chi connectivity index (χ3n) is 5.81. The number of morpholine rings is 1. The fourth-order valence-corrected chi connectivity index (χ4v) is 5.96. The Morgan fingerprint density at radius 3 is 2.40 bits per heavy atom. The van der Waals surface area contributed by atoms with Gasteiger partial charge in [-0.05, 0) is 63.3 Å². The van der Waals surface area contributed by atoms with Gasteiger partial charge in [0.05, 0.1) is 17.1 Å². The Morgan fingerprint density at radius 2 is 1.77 bits per heavy atom. The first-order chi connectivity index (χ1) is 14.3. The van der Waals surface area contributed by atoms with E-state index in [1.165, 1.54) is 0 Å². The smallest absolute Gasteiger partial charge is 0.251 e. The van der Waals surface area contributed by atoms with E-state index in [0.717, 1.165) is 38.9 Å². The topological polar surface area (TPSA) is 79.0 Å². The van der Waals surface area contributed by atoms with E-state index in [0.29, 0.717) is 31.1 Å². The van der Waals surface area contributed by atoms with E-state index in [2.05, 4.69) is 31.0 Å². The van der Waals surface area contributed by atoms with Crippen LogP contribution in [0, 0.1) is 5.92 Å². The van der Waals surface area contributed by atoms with Crippen molar-refractivity contribution in [2.24, 2.45) is 5.92 Å². The van der Waals surface area contributed by atoms with Crippen LogP contribution in [-0.2, 0) is 14.8 Å². The van der Waals surface area contributed by atoms with Crippen LogP contribution in [-0.4, -0.2) is 75.0 Å². The number of carbonyl (C=O) groups excluding carboxylic acids is 1. The quantitative estimate of drug-likeness (QED) is 0.663. The predicted molar refractivity (Wildman–Crippen MR) is 117 cm³/mol. The second-order valence-electron chi connectivity index (χ2n) is 8.76. The summed E-state index contributed by atoms with van der Waals surface area (Å²) in [6, 6.07) is 6.28. The summed E-state index contributed by atoms with van der Waals surface area (Å²) in [5.41, 5.74) is 0.481. The molecule has 2 fully saturated rings. The molecule has 0 radical (unpaired) electrons. The number of rotatable bonds is 7. The molecule has 2 aliphatic heterocycles. The van der Waals surface area contributed by atoms with Crippen LogP contribution in [0.1, 0.15) is 50.4 Å². The Balaban J connectivity index is 1.48. The molecule has 0 aromatic heterocycles. The molecular formula is C22H35N3O4S. The van der Waals surface area contributed by atoms with E-state index in [9.17, 15) is 13.2 Å². The van der Waals surface area contributed by atoms with Crippen LogP contribution in [0.5, 0.6) is 0 Å². The molecule has 30 heavy (non-hydrogen) atoms. The SMILES string of the molecule is C[C@@H]1CCCN(S(=O)(=O)c2ccc(C(=O)NCCCN3C[C@@H](C)O[C@@H](C)C3)cc2)C1. The lowest BCUT2D eigenvalue weighted by atomic mass is 10.0. The molecule has 2 heterocycles. The van der Waals surface area contributed by atoms with E-state index < -0.39 is 10.0 Å². The van der Waals surface area contributed by atoms with Crippen molar-refractivity contribution in [3.8, 4) is 0 Å². The third kappa shape index (κ3) is 6.03. The second-order valence-corrected chi connectivity index (χ2v) is 10.7. The second kappa shape index (κ2) is 10.2. The van der Waals surface area contributed by atoms with E-state index >= 15 is 0 Å². The molecule has 2 aliphatic rings. The molecular weight excluding hydrogens is 402 g/mol. The average Bonchev–Trinajstić information content (AvgIpc) is 2.70. The minimum absolute atomic E-state index is 0.172. The van der Waals surface area contributed by atoms with Crippen molar-refractivity contribution in [1.82, 2.24) is 14.5 Å². The van der Waals surface area contributed by atoms with Gasteiger partial charge in [-0.1, -0.05) is 6.92 Å². The van der Waals surface area contributed by atoms with Crippen LogP contribution < -0.4 is 5.32 Å². The highest BCUT2D eigenvalue weighted by atomic mass is 32.2. The minimum Gasteiger partial charge on any atom is -0.373 e. The van der Waals surface area contributed by atoms with Crippen LogP contribution >= 0.6 is 0 Å². The molecule has 1 aromatic rings. The van der Waals surface area contributed by atoms with Gasteiger partial charge < -0.3 is 10.1 Å². The zero-order valence-corrected chi connectivity index (χ0v) is 19.2. The van der Waals surface area contributed by atoms with Crippen molar-refractivity contribution in [3.63, 3.8) is 0 Å². The maximum atomic E-state index is 12.8. The van der Waals surface area contributed by atoms with Crippen molar-refractivity contribution < 1.29 is 17.9 Å². The molecule has 0 spiro atoms. The summed E-state index contributed by atoms with van der Waals surface area (Å²) in [7, 11) is -3.49. The molecule has 3 rings (SSSR count). The lowest BCUT2D eigenvalue weighted by Crippen LogP contribution is -2.46. The number of nitrogens with zero attached hydrogens (tertiary/aromatic N) is 2. The average molecular weight is 438 g/mol. The Kier molecular flexibility index (Phi) is 7.90. The van der Waals surface area contributed by atoms with Gasteiger partial charge in [-0.25, -0.2) is 8.42 Å². The molecule has 1 aromatic carbocycles. The minimum atomic E-state index is -3.49. The lowest BCUT2D eigenvalue weighted by Gasteiger charge is -2.35. The molecule has 2 saturated heterocycles. The molecule has 7 nitrogen and oxygen atoms in total. The van der Waals surface area contributed by atoms with Gasteiger partial charge in [0.1, 0.15) is 0 Å². The number of piperidine rings is 1. The highest BCUT2D eigenvalue weighted by Gasteiger charge is 2.28. The zero-order valence-electron chi connectivity index (χ0n) is 18.3. The fraction of sp³-hybridized carbons (Fsp3) is 0.682. The number of nitrogens with one attached hydrogen (secondary N) is 1. The highest BCUT2D eigenvalue weighted by Crippen LogP contribution is 2.23. The summed E-state index contributed by atoms with van der Waals surface area (Å²) < 4.78 is 33.0. The number of amides is 1. The molecule has 0 aliphatic carbocycles. The third-order valence-corrected chi connectivity index (χ3v) is 7.69. The zero-order chi connectivity index (χ0) is 21.7. The summed E-state index contributed by atoms with van der Waals surface area (Å²) >= 11 is 0. The first-order valence-electron chi connectivity index (χ1n) is 11.0. The molecule has 168 valence electrons. The fourth-order valence-electron chi connectivity index (χ4n) is 4.37. The van der Waals surface area contributed by atoms with E-state index in [1.807, 2.05) is 0 Å². The van der Waals surface area contributed by atoms with Gasteiger partial charge in [-0.15, -0.1) is 0 Å². The Hall–Kier alpha value is -1.48. The maximum Gasteiger partial charge on any atom is 0.251 e. The molecule has 0 bridgehead atoms. The number of carbonyl (C=O) groups is 1. The summed E-state index contributed by atoms with van der Waals surface area (Å²) in [5, 5.41) is 2.93. The van der Waals surface area contributed by atoms with Crippen molar-refractivity contribution in [1.29, 1.82) is 0 Å². The van der Waals surface area contributed by atoms with Gasteiger partial charge >= 0.3 is 0 Å². The summed E-state index contributed by atoms with van der Waals surface area (Å²) in [4.78, 5) is 15.0. The van der Waals surface area contributed by atoms with Gasteiger partial charge in [-0.2, -0.15) is 4.31 Å². The van der Waals surface area contributed by atoms with Gasteiger partial charge in [0.15, 0.2) is 0 Å². The van der Waals surface area contributed by atoms with Gasteiger partial charge in [-0.3, -0.25) is 9.69 Å². The van der Waals surface area contributed by atoms with Gasteiger partial charge in [0.25, 0.3) is 5.91 Å². The molecule has 1 N–H and O–H groups in total. The standard InChI is InChI=1S/C22H35N3O4S/c1-17-6-4-13-25(14-17)30(27,28)21-9-7-20(8-10-21)22(26)23-11-5-12-24-15-18(2)29-19(3)16-24/h7-10,17-19H,4-6,11-16H2,1-3H3,(H,23,26)/t17-,18-,19+/m1/s1. The Bertz CT molecular complexity index is 802. The number of ether oxygens (including phenoxy) is 1. The van der Waals surface area contributed by atoms with Crippen molar-refractivity contribution in [2.45, 2.75) is 57.1 Å². The molecule has 3 atom stereocenters. The van der Waals surface area contributed by atoms with Crippen LogP contribution in [0.15, 0.2) is 29.2 Å². The van der Waals surface area contributed by atoms with E-state index in [4.69, 9.17) is 4.74 Å². The maximum absolute atomic E-state index is 12.8. The number of benzene rings is 1. The van der Waals surface area contributed by atoms with Crippen LogP contribution in [0.3, 0.4) is 0 Å². The normalized spacial score (nSPS) is 26.4. The number of hydrogen-bond donors (Lipinski definition) is 1. The van der Waals surface area contributed by atoms with E-state index in [-0.39, 0.29) is 23.0 Å². The summed E-state index contributed by atoms with van der Waals surface area (Å²) in [5.74, 6) is 0.205.